The molecule has 2 heterocycles. The smallest absolute Gasteiger partial charge is 0.213 e. The topological polar surface area (TPSA) is 60.7 Å². The molecule has 0 N–H and O–H groups in total. The van der Waals surface area contributed by atoms with E-state index in [2.05, 4.69) is 31.1 Å². The Balaban J connectivity index is 2.15. The van der Waals surface area contributed by atoms with E-state index in [0.29, 0.717) is 16.9 Å². The maximum absolute atomic E-state index is 13.0. The van der Waals surface area contributed by atoms with Gasteiger partial charge in [0.2, 0.25) is 5.78 Å². The van der Waals surface area contributed by atoms with Gasteiger partial charge >= 0.3 is 0 Å². The molecule has 0 saturated carbocycles. The number of aromatic nitrogens is 4. The number of nitrogens with zero attached hydrogens (tertiary/aromatic N) is 4. The molecule has 3 aromatic rings. The van der Waals surface area contributed by atoms with Crippen molar-refractivity contribution in [2.24, 2.45) is 0 Å². The van der Waals surface area contributed by atoms with Gasteiger partial charge in [0.1, 0.15) is 18.7 Å². The van der Waals surface area contributed by atoms with Crippen LogP contribution in [-0.2, 0) is 6.67 Å². The number of halogens is 2. The molecule has 0 saturated heterocycles. The summed E-state index contributed by atoms with van der Waals surface area (Å²) in [4.78, 5) is 16.8. The second-order valence-electron chi connectivity index (χ2n) is 4.46. The molecule has 0 atom stereocenters. The largest absolute Gasteiger partial charge is 0.287 e. The summed E-state index contributed by atoms with van der Waals surface area (Å²) in [6.07, 6.45) is 2.93. The lowest BCUT2D eigenvalue weighted by molar-refractivity contribution is 0.103. The summed E-state index contributed by atoms with van der Waals surface area (Å²) in [6, 6.07) is 10.3. The molecule has 3 rings (SSSR count). The predicted octanol–water partition coefficient (Wildman–Crippen LogP) is 3.13. The zero-order valence-corrected chi connectivity index (χ0v) is 12.9. The summed E-state index contributed by atoms with van der Waals surface area (Å²) >= 11 is 3.35. The highest BCUT2D eigenvalue weighted by Gasteiger charge is 2.18. The Bertz CT molecular complexity index is 819. The van der Waals surface area contributed by atoms with Crippen LogP contribution >= 0.6 is 15.9 Å². The molecule has 5 nitrogen and oxygen atoms in total. The van der Waals surface area contributed by atoms with Crippen molar-refractivity contribution in [2.75, 3.05) is 0 Å². The van der Waals surface area contributed by atoms with Crippen LogP contribution in [0.5, 0.6) is 0 Å². The molecular weight excluding hydrogens is 351 g/mol. The Kier molecular flexibility index (Phi) is 4.06. The van der Waals surface area contributed by atoms with Crippen LogP contribution in [0.3, 0.4) is 0 Å². The number of hydrogen-bond acceptors (Lipinski definition) is 4. The fraction of sp³-hybridized carbons (Fsp3) is 0.0667. The lowest BCUT2D eigenvalue weighted by Crippen LogP contribution is -2.10. The van der Waals surface area contributed by atoms with E-state index in [-0.39, 0.29) is 11.6 Å². The molecule has 0 radical (unpaired) electrons. The second-order valence-corrected chi connectivity index (χ2v) is 5.37. The fourth-order valence-electron chi connectivity index (χ4n) is 2.09. The number of carbonyl (C=O) groups is 1. The second kappa shape index (κ2) is 6.15. The van der Waals surface area contributed by atoms with E-state index < -0.39 is 6.67 Å². The SMILES string of the molecule is O=C(c1ccccn1)c1cc(Br)ccc1-n1cnnc1CF. The van der Waals surface area contributed by atoms with Crippen molar-refractivity contribution < 1.29 is 9.18 Å². The van der Waals surface area contributed by atoms with Crippen LogP contribution in [0.4, 0.5) is 4.39 Å². The van der Waals surface area contributed by atoms with Crippen LogP contribution in [-0.4, -0.2) is 25.5 Å². The molecule has 0 aliphatic heterocycles. The average molecular weight is 361 g/mol. The van der Waals surface area contributed by atoms with Crippen molar-refractivity contribution >= 4 is 21.7 Å². The molecule has 0 fully saturated rings. The van der Waals surface area contributed by atoms with Crippen molar-refractivity contribution in [1.82, 2.24) is 19.7 Å². The number of rotatable bonds is 4. The summed E-state index contributed by atoms with van der Waals surface area (Å²) in [5.74, 6) is -0.118. The standard InChI is InChI=1S/C15H10BrFN4O/c16-10-4-5-13(21-9-19-20-14(21)8-17)11(7-10)15(22)12-3-1-2-6-18-12/h1-7,9H,8H2. The summed E-state index contributed by atoms with van der Waals surface area (Å²) in [5, 5.41) is 7.41. The van der Waals surface area contributed by atoms with E-state index in [9.17, 15) is 9.18 Å². The highest BCUT2D eigenvalue weighted by molar-refractivity contribution is 9.10. The van der Waals surface area contributed by atoms with Gasteiger partial charge in [-0.1, -0.05) is 22.0 Å². The van der Waals surface area contributed by atoms with Crippen LogP contribution in [0, 0.1) is 0 Å². The average Bonchev–Trinajstić information content (AvgIpc) is 3.03. The number of pyridine rings is 1. The van der Waals surface area contributed by atoms with Crippen molar-refractivity contribution in [3.05, 3.63) is 70.5 Å². The number of ketones is 1. The van der Waals surface area contributed by atoms with Crippen molar-refractivity contribution in [1.29, 1.82) is 0 Å². The molecule has 0 aliphatic carbocycles. The molecule has 7 heteroatoms. The third kappa shape index (κ3) is 2.67. The van der Waals surface area contributed by atoms with Gasteiger partial charge in [0, 0.05) is 16.2 Å². The zero-order chi connectivity index (χ0) is 15.5. The minimum Gasteiger partial charge on any atom is -0.287 e. The lowest BCUT2D eigenvalue weighted by atomic mass is 10.1. The number of benzene rings is 1. The number of carbonyl (C=O) groups excluding carboxylic acids is 1. The van der Waals surface area contributed by atoms with Crippen molar-refractivity contribution in [3.8, 4) is 5.69 Å². The molecule has 0 amide bonds. The summed E-state index contributed by atoms with van der Waals surface area (Å²) in [7, 11) is 0. The lowest BCUT2D eigenvalue weighted by Gasteiger charge is -2.11. The van der Waals surface area contributed by atoms with E-state index in [0.717, 1.165) is 4.47 Å². The normalized spacial score (nSPS) is 10.6. The Labute approximate surface area is 134 Å². The molecule has 0 spiro atoms. The van der Waals surface area contributed by atoms with Crippen molar-refractivity contribution in [3.63, 3.8) is 0 Å². The summed E-state index contributed by atoms with van der Waals surface area (Å²) in [6.45, 7) is -0.771. The van der Waals surface area contributed by atoms with Crippen LogP contribution in [0.2, 0.25) is 0 Å². The molecule has 0 unspecified atom stereocenters. The van der Waals surface area contributed by atoms with Gasteiger partial charge in [-0.05, 0) is 30.3 Å². The van der Waals surface area contributed by atoms with Gasteiger partial charge < -0.3 is 0 Å². The van der Waals surface area contributed by atoms with Crippen LogP contribution < -0.4 is 0 Å². The molecule has 0 aliphatic rings. The first-order valence-electron chi connectivity index (χ1n) is 6.41. The minimum atomic E-state index is -0.771. The first-order chi connectivity index (χ1) is 10.7. The number of alkyl halides is 1. The zero-order valence-electron chi connectivity index (χ0n) is 11.3. The van der Waals surface area contributed by atoms with E-state index >= 15 is 0 Å². The highest BCUT2D eigenvalue weighted by Crippen LogP contribution is 2.23. The van der Waals surface area contributed by atoms with Crippen LogP contribution in [0.25, 0.3) is 5.69 Å². The maximum atomic E-state index is 13.0. The van der Waals surface area contributed by atoms with E-state index in [1.165, 1.54) is 10.9 Å². The van der Waals surface area contributed by atoms with Gasteiger partial charge in [0.15, 0.2) is 5.82 Å². The Morgan fingerprint density at radius 3 is 2.86 bits per heavy atom. The Morgan fingerprint density at radius 1 is 1.27 bits per heavy atom. The van der Waals surface area contributed by atoms with E-state index in [1.54, 1.807) is 42.6 Å². The molecule has 110 valence electrons. The molecule has 1 aromatic carbocycles. The Morgan fingerprint density at radius 2 is 2.14 bits per heavy atom. The Hall–Kier alpha value is -2.41. The molecule has 2 aromatic heterocycles. The first-order valence-corrected chi connectivity index (χ1v) is 7.20. The highest BCUT2D eigenvalue weighted by atomic mass is 79.9. The van der Waals surface area contributed by atoms with E-state index in [1.807, 2.05) is 0 Å². The van der Waals surface area contributed by atoms with Gasteiger partial charge in [0.25, 0.3) is 0 Å². The van der Waals surface area contributed by atoms with E-state index in [4.69, 9.17) is 0 Å². The molecule has 0 bridgehead atoms. The van der Waals surface area contributed by atoms with Gasteiger partial charge in [-0.3, -0.25) is 14.3 Å². The van der Waals surface area contributed by atoms with Crippen LogP contribution in [0.15, 0.2) is 53.4 Å². The third-order valence-corrected chi connectivity index (χ3v) is 3.59. The summed E-state index contributed by atoms with van der Waals surface area (Å²) < 4.78 is 15.2. The van der Waals surface area contributed by atoms with Gasteiger partial charge in [-0.15, -0.1) is 10.2 Å². The van der Waals surface area contributed by atoms with Gasteiger partial charge in [-0.2, -0.15) is 0 Å². The number of hydrogen-bond donors (Lipinski definition) is 0. The monoisotopic (exact) mass is 360 g/mol. The first kappa shape index (κ1) is 14.5. The van der Waals surface area contributed by atoms with Gasteiger partial charge in [-0.25, -0.2) is 4.39 Å². The van der Waals surface area contributed by atoms with Gasteiger partial charge in [0.05, 0.1) is 5.69 Å². The summed E-state index contributed by atoms with van der Waals surface area (Å²) in [5.41, 5.74) is 1.22. The quantitative estimate of drug-likeness (QED) is 0.670. The molecular formula is C15H10BrFN4O. The maximum Gasteiger partial charge on any atom is 0.213 e. The fourth-order valence-corrected chi connectivity index (χ4v) is 2.45. The molecule has 22 heavy (non-hydrogen) atoms. The minimum absolute atomic E-state index is 0.136. The van der Waals surface area contributed by atoms with Crippen LogP contribution in [0.1, 0.15) is 21.9 Å². The van der Waals surface area contributed by atoms with Crippen molar-refractivity contribution in [2.45, 2.75) is 6.67 Å². The predicted molar refractivity (Wildman–Crippen MR) is 81.5 cm³/mol. The third-order valence-electron chi connectivity index (χ3n) is 3.10.